The molecule has 0 aliphatic carbocycles. The Labute approximate surface area is 152 Å². The topological polar surface area (TPSA) is 87.7 Å². The van der Waals surface area contributed by atoms with Crippen LogP contribution in [0, 0.1) is 0 Å². The summed E-state index contributed by atoms with van der Waals surface area (Å²) in [6.07, 6.45) is 0. The highest BCUT2D eigenvalue weighted by Gasteiger charge is 2.27. The number of nitrogens with one attached hydrogen (secondary N) is 2. The Morgan fingerprint density at radius 3 is 2.50 bits per heavy atom. The molecule has 0 saturated carbocycles. The van der Waals surface area contributed by atoms with Gasteiger partial charge in [0.15, 0.2) is 0 Å². The van der Waals surface area contributed by atoms with Gasteiger partial charge < -0.3 is 10.1 Å². The molecule has 0 aliphatic heterocycles. The van der Waals surface area contributed by atoms with Gasteiger partial charge in [0.1, 0.15) is 6.04 Å². The van der Waals surface area contributed by atoms with Crippen molar-refractivity contribution in [2.24, 2.45) is 0 Å². The fourth-order valence-corrected chi connectivity index (χ4v) is 2.66. The van der Waals surface area contributed by atoms with E-state index in [9.17, 15) is 14.4 Å². The number of hydrazine groups is 1. The summed E-state index contributed by atoms with van der Waals surface area (Å²) >= 11 is 0. The van der Waals surface area contributed by atoms with Crippen molar-refractivity contribution in [2.75, 3.05) is 13.7 Å². The Morgan fingerprint density at radius 1 is 1.12 bits per heavy atom. The maximum atomic E-state index is 12.4. The fourth-order valence-electron chi connectivity index (χ4n) is 2.66. The van der Waals surface area contributed by atoms with Crippen molar-refractivity contribution >= 4 is 28.6 Å². The van der Waals surface area contributed by atoms with Crippen LogP contribution in [0.5, 0.6) is 0 Å². The minimum Gasteiger partial charge on any atom is -0.467 e. The van der Waals surface area contributed by atoms with E-state index in [2.05, 4.69) is 15.5 Å². The molecule has 0 unspecified atom stereocenters. The number of benzene rings is 2. The first-order chi connectivity index (χ1) is 12.4. The molecule has 2 aromatic rings. The van der Waals surface area contributed by atoms with Gasteiger partial charge in [0.05, 0.1) is 13.7 Å². The minimum atomic E-state index is -0.921. The molecule has 7 nitrogen and oxygen atoms in total. The number of rotatable bonds is 6. The molecule has 0 radical (unpaired) electrons. The maximum absolute atomic E-state index is 12.4. The zero-order valence-electron chi connectivity index (χ0n) is 15.1. The molecule has 2 N–H and O–H groups in total. The number of carbonyl (C=O) groups excluding carboxylic acids is 3. The number of ether oxygens (including phenoxy) is 1. The van der Waals surface area contributed by atoms with E-state index >= 15 is 0 Å². The zero-order valence-corrected chi connectivity index (χ0v) is 15.1. The second-order valence-electron chi connectivity index (χ2n) is 5.87. The zero-order chi connectivity index (χ0) is 19.1. The first-order valence-corrected chi connectivity index (χ1v) is 8.28. The molecule has 0 bridgehead atoms. The second-order valence-corrected chi connectivity index (χ2v) is 5.87. The van der Waals surface area contributed by atoms with Gasteiger partial charge in [-0.15, -0.1) is 0 Å². The molecular weight excluding hydrogens is 334 g/mol. The normalized spacial score (nSPS) is 11.7. The van der Waals surface area contributed by atoms with Gasteiger partial charge in [-0.1, -0.05) is 42.5 Å². The van der Waals surface area contributed by atoms with Crippen LogP contribution in [0.1, 0.15) is 19.4 Å². The van der Waals surface area contributed by atoms with Crippen LogP contribution in [-0.4, -0.2) is 42.5 Å². The number of carbonyl (C=O) groups is 3. The van der Waals surface area contributed by atoms with E-state index in [0.29, 0.717) is 6.54 Å². The first kappa shape index (κ1) is 19.4. The summed E-state index contributed by atoms with van der Waals surface area (Å²) in [4.78, 5) is 35.5. The number of fused-ring (bicyclic) bond motifs is 1. The van der Waals surface area contributed by atoms with Crippen LogP contribution in [0.15, 0.2) is 42.5 Å². The average Bonchev–Trinajstić information content (AvgIpc) is 2.64. The molecule has 1 atom stereocenters. The van der Waals surface area contributed by atoms with E-state index < -0.39 is 23.8 Å². The minimum absolute atomic E-state index is 0.0369. The van der Waals surface area contributed by atoms with Gasteiger partial charge in [-0.2, -0.15) is 0 Å². The Balaban J connectivity index is 2.02. The van der Waals surface area contributed by atoms with E-state index in [1.165, 1.54) is 21.0 Å². The Hall–Kier alpha value is -2.93. The molecule has 26 heavy (non-hydrogen) atoms. The van der Waals surface area contributed by atoms with Crippen LogP contribution in [0.4, 0.5) is 0 Å². The molecule has 2 amide bonds. The van der Waals surface area contributed by atoms with Crippen molar-refractivity contribution in [3.8, 4) is 0 Å². The lowest BCUT2D eigenvalue weighted by molar-refractivity contribution is -0.156. The van der Waals surface area contributed by atoms with Gasteiger partial charge in [0, 0.05) is 13.5 Å². The van der Waals surface area contributed by atoms with Crippen molar-refractivity contribution < 1.29 is 19.1 Å². The Kier molecular flexibility index (Phi) is 6.68. The van der Waals surface area contributed by atoms with Gasteiger partial charge in [-0.05, 0) is 23.3 Å². The molecule has 0 heterocycles. The number of nitrogens with zero attached hydrogens (tertiary/aromatic N) is 1. The van der Waals surface area contributed by atoms with Crippen LogP contribution in [-0.2, 0) is 25.7 Å². The highest BCUT2D eigenvalue weighted by molar-refractivity contribution is 5.88. The summed E-state index contributed by atoms with van der Waals surface area (Å²) in [5, 5.41) is 6.29. The third-order valence-electron chi connectivity index (χ3n) is 3.95. The summed E-state index contributed by atoms with van der Waals surface area (Å²) in [5.41, 5.74) is 3.44. The van der Waals surface area contributed by atoms with Crippen LogP contribution in [0.2, 0.25) is 0 Å². The standard InChI is InChI=1S/C19H23N3O4/c1-13(19(25)26-3)22(21-14(2)23)18(24)12-20-11-16-9-6-8-15-7-4-5-10-17(15)16/h4-10,13,20H,11-12H2,1-3H3,(H,21,23)/t13-/m0/s1. The summed E-state index contributed by atoms with van der Waals surface area (Å²) in [7, 11) is 1.23. The van der Waals surface area contributed by atoms with E-state index in [1.54, 1.807) is 0 Å². The maximum Gasteiger partial charge on any atom is 0.330 e. The quantitative estimate of drug-likeness (QED) is 0.602. The lowest BCUT2D eigenvalue weighted by Crippen LogP contribution is -2.55. The van der Waals surface area contributed by atoms with E-state index in [4.69, 9.17) is 0 Å². The average molecular weight is 357 g/mol. The molecule has 0 saturated heterocycles. The van der Waals surface area contributed by atoms with Gasteiger partial charge in [0.2, 0.25) is 5.91 Å². The monoisotopic (exact) mass is 357 g/mol. The highest BCUT2D eigenvalue weighted by atomic mass is 16.5. The molecule has 0 spiro atoms. The second kappa shape index (κ2) is 8.96. The highest BCUT2D eigenvalue weighted by Crippen LogP contribution is 2.18. The fraction of sp³-hybridized carbons (Fsp3) is 0.316. The number of esters is 1. The van der Waals surface area contributed by atoms with E-state index in [1.807, 2.05) is 42.5 Å². The predicted octanol–water partition coefficient (Wildman–Crippen LogP) is 1.37. The van der Waals surface area contributed by atoms with Gasteiger partial charge >= 0.3 is 5.97 Å². The lowest BCUT2D eigenvalue weighted by Gasteiger charge is -2.27. The third-order valence-corrected chi connectivity index (χ3v) is 3.95. The molecule has 0 aliphatic rings. The van der Waals surface area contributed by atoms with Crippen molar-refractivity contribution in [1.29, 1.82) is 0 Å². The summed E-state index contributed by atoms with van der Waals surface area (Å²) in [6.45, 7) is 3.20. The van der Waals surface area contributed by atoms with Crippen molar-refractivity contribution in [2.45, 2.75) is 26.4 Å². The molecular formula is C19H23N3O4. The van der Waals surface area contributed by atoms with Crippen LogP contribution >= 0.6 is 0 Å². The molecule has 0 aromatic heterocycles. The summed E-state index contributed by atoms with van der Waals surface area (Å²) < 4.78 is 4.64. The van der Waals surface area contributed by atoms with E-state index in [0.717, 1.165) is 21.3 Å². The van der Waals surface area contributed by atoms with Crippen molar-refractivity contribution in [3.63, 3.8) is 0 Å². The van der Waals surface area contributed by atoms with Gasteiger partial charge in [-0.3, -0.25) is 15.0 Å². The summed E-state index contributed by atoms with van der Waals surface area (Å²) in [6, 6.07) is 13.1. The summed E-state index contributed by atoms with van der Waals surface area (Å²) in [5.74, 6) is -1.48. The molecule has 7 heteroatoms. The first-order valence-electron chi connectivity index (χ1n) is 8.28. The molecule has 2 rings (SSSR count). The molecule has 0 fully saturated rings. The van der Waals surface area contributed by atoms with Gasteiger partial charge in [0.25, 0.3) is 5.91 Å². The number of hydrogen-bond donors (Lipinski definition) is 2. The van der Waals surface area contributed by atoms with Crippen molar-refractivity contribution in [1.82, 2.24) is 15.8 Å². The molecule has 138 valence electrons. The number of amides is 2. The third kappa shape index (κ3) is 4.80. The Bertz CT molecular complexity index is 801. The smallest absolute Gasteiger partial charge is 0.330 e. The largest absolute Gasteiger partial charge is 0.467 e. The lowest BCUT2D eigenvalue weighted by atomic mass is 10.0. The number of hydrogen-bond acceptors (Lipinski definition) is 5. The Morgan fingerprint density at radius 2 is 1.81 bits per heavy atom. The predicted molar refractivity (Wildman–Crippen MR) is 97.8 cm³/mol. The SMILES string of the molecule is COC(=O)[C@H](C)N(NC(C)=O)C(=O)CNCc1cccc2ccccc12. The van der Waals surface area contributed by atoms with Crippen LogP contribution < -0.4 is 10.7 Å². The van der Waals surface area contributed by atoms with E-state index in [-0.39, 0.29) is 6.54 Å². The number of methoxy groups -OCH3 is 1. The van der Waals surface area contributed by atoms with Gasteiger partial charge in [-0.25, -0.2) is 9.80 Å². The van der Waals surface area contributed by atoms with Crippen LogP contribution in [0.25, 0.3) is 10.8 Å². The van der Waals surface area contributed by atoms with Crippen molar-refractivity contribution in [3.05, 3.63) is 48.0 Å². The molecule has 2 aromatic carbocycles. The van der Waals surface area contributed by atoms with Crippen LogP contribution in [0.3, 0.4) is 0 Å².